The third-order valence-electron chi connectivity index (χ3n) is 2.86. The smallest absolute Gasteiger partial charge is 0.0937 e. The van der Waals surface area contributed by atoms with Gasteiger partial charge in [-0.05, 0) is 30.5 Å². The number of nitrogens with zero attached hydrogens (tertiary/aromatic N) is 1. The van der Waals surface area contributed by atoms with E-state index in [-0.39, 0.29) is 0 Å². The fraction of sp³-hybridized carbons (Fsp3) is 0.400. The third kappa shape index (κ3) is 2.91. The van der Waals surface area contributed by atoms with Gasteiger partial charge < -0.3 is 5.32 Å². The van der Waals surface area contributed by atoms with Gasteiger partial charge >= 0.3 is 0 Å². The first-order valence-electron chi connectivity index (χ1n) is 6.34. The van der Waals surface area contributed by atoms with E-state index in [0.717, 1.165) is 17.8 Å². The molecule has 0 aliphatic rings. The molecule has 0 saturated carbocycles. The van der Waals surface area contributed by atoms with E-state index >= 15 is 0 Å². The summed E-state index contributed by atoms with van der Waals surface area (Å²) in [7, 11) is 1.94. The van der Waals surface area contributed by atoms with Crippen LogP contribution in [-0.4, -0.2) is 12.0 Å². The van der Waals surface area contributed by atoms with Crippen LogP contribution in [0.5, 0.6) is 0 Å². The Kier molecular flexibility index (Phi) is 4.02. The first kappa shape index (κ1) is 13.1. The van der Waals surface area contributed by atoms with Crippen LogP contribution in [0.3, 0.4) is 0 Å². The monoisotopic (exact) mass is 260 g/mol. The summed E-state index contributed by atoms with van der Waals surface area (Å²) in [5.41, 5.74) is 3.55. The van der Waals surface area contributed by atoms with Crippen LogP contribution in [0, 0.1) is 12.8 Å². The lowest BCUT2D eigenvalue weighted by molar-refractivity contribution is 0.643. The second-order valence-corrected chi connectivity index (χ2v) is 6.03. The van der Waals surface area contributed by atoms with Crippen molar-refractivity contribution in [2.24, 2.45) is 5.92 Å². The summed E-state index contributed by atoms with van der Waals surface area (Å²) in [6, 6.07) is 8.53. The molecular formula is C15H20N2S. The van der Waals surface area contributed by atoms with Crippen molar-refractivity contribution in [3.8, 4) is 10.4 Å². The van der Waals surface area contributed by atoms with Gasteiger partial charge in [0.25, 0.3) is 0 Å². The van der Waals surface area contributed by atoms with Crippen LogP contribution in [0.15, 0.2) is 24.3 Å². The molecule has 0 bridgehead atoms. The minimum Gasteiger partial charge on any atom is -0.388 e. The van der Waals surface area contributed by atoms with Crippen LogP contribution in [0.2, 0.25) is 0 Å². The summed E-state index contributed by atoms with van der Waals surface area (Å²) in [6.07, 6.45) is 1.07. The van der Waals surface area contributed by atoms with Crippen LogP contribution in [0.25, 0.3) is 10.4 Å². The zero-order valence-corrected chi connectivity index (χ0v) is 12.3. The van der Waals surface area contributed by atoms with Crippen LogP contribution >= 0.6 is 11.3 Å². The summed E-state index contributed by atoms with van der Waals surface area (Å²) >= 11 is 1.82. The SMILES string of the molecule is CNc1ccc(-c2sc(CC(C)C)nc2C)cc1. The number of rotatable bonds is 4. The third-order valence-corrected chi connectivity index (χ3v) is 4.09. The van der Waals surface area contributed by atoms with Crippen LogP contribution < -0.4 is 5.32 Å². The van der Waals surface area contributed by atoms with Crippen molar-refractivity contribution in [1.29, 1.82) is 0 Å². The van der Waals surface area contributed by atoms with Crippen LogP contribution in [-0.2, 0) is 6.42 Å². The number of aryl methyl sites for hydroxylation is 1. The Morgan fingerprint density at radius 2 is 1.89 bits per heavy atom. The van der Waals surface area contributed by atoms with E-state index in [1.165, 1.54) is 15.4 Å². The van der Waals surface area contributed by atoms with E-state index in [2.05, 4.69) is 55.3 Å². The molecule has 18 heavy (non-hydrogen) atoms. The van der Waals surface area contributed by atoms with Gasteiger partial charge in [0, 0.05) is 19.2 Å². The number of nitrogens with one attached hydrogen (secondary N) is 1. The summed E-state index contributed by atoms with van der Waals surface area (Å²) < 4.78 is 0. The lowest BCUT2D eigenvalue weighted by Gasteiger charge is -2.02. The molecule has 1 heterocycles. The first-order valence-corrected chi connectivity index (χ1v) is 7.16. The molecule has 0 saturated heterocycles. The summed E-state index contributed by atoms with van der Waals surface area (Å²) in [5, 5.41) is 4.38. The fourth-order valence-electron chi connectivity index (χ4n) is 1.94. The largest absolute Gasteiger partial charge is 0.388 e. The van der Waals surface area contributed by atoms with Gasteiger partial charge in [0.15, 0.2) is 0 Å². The highest BCUT2D eigenvalue weighted by molar-refractivity contribution is 7.15. The summed E-state index contributed by atoms with van der Waals surface area (Å²) in [5.74, 6) is 0.662. The Balaban J connectivity index is 2.29. The van der Waals surface area contributed by atoms with Crippen molar-refractivity contribution in [2.75, 3.05) is 12.4 Å². The van der Waals surface area contributed by atoms with Crippen molar-refractivity contribution in [3.05, 3.63) is 35.0 Å². The van der Waals surface area contributed by atoms with Crippen LogP contribution in [0.1, 0.15) is 24.5 Å². The molecule has 0 unspecified atom stereocenters. The van der Waals surface area contributed by atoms with Crippen molar-refractivity contribution < 1.29 is 0 Å². The maximum atomic E-state index is 4.67. The Hall–Kier alpha value is -1.35. The number of hydrogen-bond donors (Lipinski definition) is 1. The molecule has 0 radical (unpaired) electrons. The molecule has 2 rings (SSSR count). The maximum Gasteiger partial charge on any atom is 0.0937 e. The maximum absolute atomic E-state index is 4.67. The van der Waals surface area contributed by atoms with Gasteiger partial charge in [-0.2, -0.15) is 0 Å². The average Bonchev–Trinajstić information content (AvgIpc) is 2.69. The Labute approximate surface area is 113 Å². The molecule has 2 nitrogen and oxygen atoms in total. The standard InChI is InChI=1S/C15H20N2S/c1-10(2)9-14-17-11(3)15(18-14)12-5-7-13(16-4)8-6-12/h5-8,10,16H,9H2,1-4H3. The van der Waals surface area contributed by atoms with Crippen molar-refractivity contribution in [3.63, 3.8) is 0 Å². The first-order chi connectivity index (χ1) is 8.60. The highest BCUT2D eigenvalue weighted by Gasteiger charge is 2.10. The molecule has 0 aliphatic carbocycles. The Bertz CT molecular complexity index is 512. The van der Waals surface area contributed by atoms with Gasteiger partial charge in [-0.3, -0.25) is 0 Å². The second kappa shape index (κ2) is 5.53. The van der Waals surface area contributed by atoms with Crippen molar-refractivity contribution in [2.45, 2.75) is 27.2 Å². The Morgan fingerprint density at radius 3 is 2.44 bits per heavy atom. The normalized spacial score (nSPS) is 10.9. The van der Waals surface area contributed by atoms with Gasteiger partial charge in [0.2, 0.25) is 0 Å². The Morgan fingerprint density at radius 1 is 1.22 bits per heavy atom. The van der Waals surface area contributed by atoms with Gasteiger partial charge in [0.1, 0.15) is 0 Å². The minimum atomic E-state index is 0.662. The predicted molar refractivity (Wildman–Crippen MR) is 80.4 cm³/mol. The molecule has 1 aromatic heterocycles. The quantitative estimate of drug-likeness (QED) is 0.883. The lowest BCUT2D eigenvalue weighted by Crippen LogP contribution is -1.92. The molecule has 1 N–H and O–H groups in total. The number of thiazole rings is 1. The zero-order valence-electron chi connectivity index (χ0n) is 11.4. The van der Waals surface area contributed by atoms with E-state index in [9.17, 15) is 0 Å². The van der Waals surface area contributed by atoms with Crippen molar-refractivity contribution in [1.82, 2.24) is 4.98 Å². The van der Waals surface area contributed by atoms with E-state index < -0.39 is 0 Å². The second-order valence-electron chi connectivity index (χ2n) is 4.95. The predicted octanol–water partition coefficient (Wildman–Crippen LogP) is 4.36. The molecular weight excluding hydrogens is 240 g/mol. The van der Waals surface area contributed by atoms with Crippen molar-refractivity contribution >= 4 is 17.0 Å². The summed E-state index contributed by atoms with van der Waals surface area (Å²) in [4.78, 5) is 5.97. The number of benzene rings is 1. The summed E-state index contributed by atoms with van der Waals surface area (Å²) in [6.45, 7) is 6.57. The van der Waals surface area contributed by atoms with Gasteiger partial charge in [-0.1, -0.05) is 26.0 Å². The minimum absolute atomic E-state index is 0.662. The molecule has 96 valence electrons. The molecule has 0 amide bonds. The fourth-order valence-corrected chi connectivity index (χ4v) is 3.23. The number of hydrogen-bond acceptors (Lipinski definition) is 3. The molecule has 0 aliphatic heterocycles. The van der Waals surface area contributed by atoms with Gasteiger partial charge in [-0.25, -0.2) is 4.98 Å². The lowest BCUT2D eigenvalue weighted by atomic mass is 10.1. The highest BCUT2D eigenvalue weighted by Crippen LogP contribution is 2.31. The van der Waals surface area contributed by atoms with Gasteiger partial charge in [-0.15, -0.1) is 11.3 Å². The molecule has 0 fully saturated rings. The molecule has 0 atom stereocenters. The molecule has 3 heteroatoms. The molecule has 1 aromatic carbocycles. The molecule has 0 spiro atoms. The van der Waals surface area contributed by atoms with E-state index in [4.69, 9.17) is 0 Å². The molecule has 2 aromatic rings. The topological polar surface area (TPSA) is 24.9 Å². The highest BCUT2D eigenvalue weighted by atomic mass is 32.1. The number of aromatic nitrogens is 1. The van der Waals surface area contributed by atoms with Crippen LogP contribution in [0.4, 0.5) is 5.69 Å². The van der Waals surface area contributed by atoms with E-state index in [0.29, 0.717) is 5.92 Å². The van der Waals surface area contributed by atoms with E-state index in [1.54, 1.807) is 0 Å². The zero-order chi connectivity index (χ0) is 13.1. The average molecular weight is 260 g/mol. The number of anilines is 1. The van der Waals surface area contributed by atoms with E-state index in [1.807, 2.05) is 18.4 Å². The van der Waals surface area contributed by atoms with Gasteiger partial charge in [0.05, 0.1) is 15.6 Å².